The van der Waals surface area contributed by atoms with Crippen LogP contribution >= 0.6 is 11.3 Å². The number of nitrogens with zero attached hydrogens (tertiary/aromatic N) is 3. The number of thiazole rings is 1. The molecule has 1 aliphatic heterocycles. The molecule has 144 valence electrons. The maximum atomic E-state index is 14.0. The van der Waals surface area contributed by atoms with Crippen LogP contribution in [0.4, 0.5) is 8.78 Å². The number of fused-ring (bicyclic) bond motifs is 1. The number of hydrogen-bond donors (Lipinski definition) is 3. The van der Waals surface area contributed by atoms with Gasteiger partial charge in [0.1, 0.15) is 36.9 Å². The Balaban J connectivity index is 1.78. The zero-order valence-electron chi connectivity index (χ0n) is 15.3. The van der Waals surface area contributed by atoms with Crippen molar-refractivity contribution in [3.05, 3.63) is 46.1 Å². The van der Waals surface area contributed by atoms with E-state index in [0.29, 0.717) is 21.2 Å². The smallest absolute Gasteiger partial charge is 0.235 e. The predicted molar refractivity (Wildman–Crippen MR) is 97.4 cm³/mol. The number of aromatic hydroxyl groups is 1. The number of piperazine rings is 1. The van der Waals surface area contributed by atoms with Crippen molar-refractivity contribution in [2.24, 2.45) is 0 Å². The lowest BCUT2D eigenvalue weighted by molar-refractivity contribution is -1.02. The first-order valence-corrected chi connectivity index (χ1v) is 9.97. The average Bonchev–Trinajstić information content (AvgIpc) is 3.16. The monoisotopic (exact) mass is 395 g/mol. The van der Waals surface area contributed by atoms with Gasteiger partial charge >= 0.3 is 0 Å². The molecule has 0 radical (unpaired) electrons. The zero-order valence-corrected chi connectivity index (χ0v) is 16.1. The molecule has 3 aromatic rings. The average molecular weight is 395 g/mol. The van der Waals surface area contributed by atoms with Crippen LogP contribution in [0.2, 0.25) is 0 Å². The maximum absolute atomic E-state index is 14.0. The number of aryl methyl sites for hydroxylation is 1. The second-order valence-electron chi connectivity index (χ2n) is 7.01. The van der Waals surface area contributed by atoms with Crippen molar-refractivity contribution >= 4 is 16.3 Å². The van der Waals surface area contributed by atoms with Crippen molar-refractivity contribution in [2.75, 3.05) is 32.7 Å². The Kier molecular flexibility index (Phi) is 4.83. The molecule has 3 N–H and O–H groups in total. The van der Waals surface area contributed by atoms with Gasteiger partial charge in [0.25, 0.3) is 0 Å². The van der Waals surface area contributed by atoms with E-state index in [2.05, 4.69) is 17.0 Å². The number of halogens is 2. The predicted octanol–water partition coefficient (Wildman–Crippen LogP) is -0.0243. The van der Waals surface area contributed by atoms with Gasteiger partial charge in [-0.1, -0.05) is 11.3 Å². The van der Waals surface area contributed by atoms with Crippen LogP contribution in [0.5, 0.6) is 5.88 Å². The molecule has 6 nitrogen and oxygen atoms in total. The highest BCUT2D eigenvalue weighted by Gasteiger charge is 2.36. The fourth-order valence-corrected chi connectivity index (χ4v) is 5.05. The largest absolute Gasteiger partial charge is 0.492 e. The fourth-order valence-electron chi connectivity index (χ4n) is 3.87. The Morgan fingerprint density at radius 2 is 1.96 bits per heavy atom. The Bertz CT molecular complexity index is 964. The van der Waals surface area contributed by atoms with Gasteiger partial charge in [-0.05, 0) is 32.0 Å². The molecule has 3 heterocycles. The van der Waals surface area contributed by atoms with E-state index >= 15 is 0 Å². The van der Waals surface area contributed by atoms with E-state index in [1.54, 1.807) is 13.0 Å². The summed E-state index contributed by atoms with van der Waals surface area (Å²) in [7, 11) is 0. The van der Waals surface area contributed by atoms with E-state index in [-0.39, 0.29) is 11.9 Å². The van der Waals surface area contributed by atoms with Crippen molar-refractivity contribution in [1.82, 2.24) is 14.6 Å². The number of aromatic nitrogens is 3. The number of rotatable bonds is 4. The molecule has 2 aromatic heterocycles. The lowest BCUT2D eigenvalue weighted by Gasteiger charge is -2.34. The van der Waals surface area contributed by atoms with Crippen LogP contribution in [-0.2, 0) is 0 Å². The van der Waals surface area contributed by atoms with Gasteiger partial charge in [0.05, 0.1) is 6.54 Å². The molecule has 0 spiro atoms. The molecule has 4 rings (SSSR count). The van der Waals surface area contributed by atoms with Gasteiger partial charge in [-0.15, -0.1) is 5.10 Å². The van der Waals surface area contributed by atoms with Gasteiger partial charge in [-0.3, -0.25) is 0 Å². The third-order valence-electron chi connectivity index (χ3n) is 5.35. The summed E-state index contributed by atoms with van der Waals surface area (Å²) in [6.07, 6.45) is 0. The molecule has 0 saturated carbocycles. The Hall–Kier alpha value is -2.10. The van der Waals surface area contributed by atoms with Crippen LogP contribution < -0.4 is 9.80 Å². The highest BCUT2D eigenvalue weighted by Crippen LogP contribution is 2.35. The number of nitrogens with one attached hydrogen (secondary N) is 2. The molecule has 0 aliphatic carbocycles. The molecular formula is C18H23F2N5OS+2. The van der Waals surface area contributed by atoms with Gasteiger partial charge in [0.2, 0.25) is 10.8 Å². The molecule has 27 heavy (non-hydrogen) atoms. The molecule has 9 heteroatoms. The minimum Gasteiger partial charge on any atom is -0.492 e. The normalized spacial score (nSPS) is 21.6. The van der Waals surface area contributed by atoms with Crippen LogP contribution in [0.3, 0.4) is 0 Å². The van der Waals surface area contributed by atoms with Gasteiger partial charge in [-0.25, -0.2) is 13.8 Å². The van der Waals surface area contributed by atoms with Crippen molar-refractivity contribution in [1.29, 1.82) is 0 Å². The number of hydrogen-bond acceptors (Lipinski definition) is 4. The summed E-state index contributed by atoms with van der Waals surface area (Å²) in [4.78, 5) is 8.39. The van der Waals surface area contributed by atoms with E-state index in [1.807, 2.05) is 0 Å². The van der Waals surface area contributed by atoms with Crippen molar-refractivity contribution in [3.8, 4) is 5.88 Å². The van der Waals surface area contributed by atoms with Crippen LogP contribution in [-0.4, -0.2) is 52.4 Å². The zero-order chi connectivity index (χ0) is 19.1. The molecule has 0 bridgehead atoms. The summed E-state index contributed by atoms with van der Waals surface area (Å²) in [6, 6.07) is 3.72. The SMILES string of the molecule is CC[NH+]1CC[NH+]([C@H](c2ccc(F)c(F)c2)c2sc3nc(C)nn3c2O)CC1. The first-order valence-electron chi connectivity index (χ1n) is 9.16. The quantitative estimate of drug-likeness (QED) is 0.582. The third kappa shape index (κ3) is 3.30. The summed E-state index contributed by atoms with van der Waals surface area (Å²) in [5.41, 5.74) is 0.653. The van der Waals surface area contributed by atoms with Crippen molar-refractivity contribution in [2.45, 2.75) is 19.9 Å². The van der Waals surface area contributed by atoms with Gasteiger partial charge in [0, 0.05) is 5.56 Å². The molecule has 1 atom stereocenters. The van der Waals surface area contributed by atoms with Crippen molar-refractivity contribution < 1.29 is 23.7 Å². The lowest BCUT2D eigenvalue weighted by Crippen LogP contribution is -3.28. The van der Waals surface area contributed by atoms with Gasteiger partial charge in [-0.2, -0.15) is 4.52 Å². The Morgan fingerprint density at radius 1 is 1.22 bits per heavy atom. The van der Waals surface area contributed by atoms with E-state index in [1.165, 1.54) is 31.7 Å². The molecule has 1 aliphatic rings. The number of quaternary nitrogens is 2. The minimum absolute atomic E-state index is 0.0306. The molecular weight excluding hydrogens is 372 g/mol. The summed E-state index contributed by atoms with van der Waals surface area (Å²) in [5, 5.41) is 15.0. The Labute approximate surface area is 159 Å². The van der Waals surface area contributed by atoms with Crippen LogP contribution in [0, 0.1) is 18.6 Å². The van der Waals surface area contributed by atoms with Gasteiger partial charge < -0.3 is 14.9 Å². The van der Waals surface area contributed by atoms with Crippen LogP contribution in [0.1, 0.15) is 29.2 Å². The second kappa shape index (κ2) is 7.14. The topological polar surface area (TPSA) is 59.3 Å². The highest BCUT2D eigenvalue weighted by molar-refractivity contribution is 7.17. The van der Waals surface area contributed by atoms with E-state index < -0.39 is 11.6 Å². The summed E-state index contributed by atoms with van der Waals surface area (Å²) >= 11 is 1.35. The van der Waals surface area contributed by atoms with Crippen molar-refractivity contribution in [3.63, 3.8) is 0 Å². The first-order chi connectivity index (χ1) is 13.0. The molecule has 1 aromatic carbocycles. The molecule has 0 amide bonds. The van der Waals surface area contributed by atoms with E-state index in [9.17, 15) is 13.9 Å². The van der Waals surface area contributed by atoms with E-state index in [0.717, 1.165) is 38.8 Å². The Morgan fingerprint density at radius 3 is 2.59 bits per heavy atom. The summed E-state index contributed by atoms with van der Waals surface area (Å²) in [5.74, 6) is -1.12. The highest BCUT2D eigenvalue weighted by atomic mass is 32.1. The molecule has 1 fully saturated rings. The second-order valence-corrected chi connectivity index (χ2v) is 8.02. The molecule has 0 unspecified atom stereocenters. The summed E-state index contributed by atoms with van der Waals surface area (Å²) in [6.45, 7) is 8.80. The van der Waals surface area contributed by atoms with Crippen LogP contribution in [0.15, 0.2) is 18.2 Å². The van der Waals surface area contributed by atoms with E-state index in [4.69, 9.17) is 0 Å². The van der Waals surface area contributed by atoms with Gasteiger partial charge in [0.15, 0.2) is 17.7 Å². The summed E-state index contributed by atoms with van der Waals surface area (Å²) < 4.78 is 28.9. The fraction of sp³-hybridized carbons (Fsp3) is 0.444. The lowest BCUT2D eigenvalue weighted by atomic mass is 10.0. The maximum Gasteiger partial charge on any atom is 0.235 e. The number of benzene rings is 1. The molecule has 1 saturated heterocycles. The number of likely N-dealkylation sites (N-methyl/N-ethyl adjacent to an activating group) is 1. The standard InChI is InChI=1S/C18H21F2N5OS/c1-3-23-6-8-24(9-7-23)15(12-4-5-13(19)14(20)10-12)16-17(26)25-18(27-16)21-11(2)22-25/h4-5,10,15,26H,3,6-9H2,1-2H3/p+2/t15-/m1/s1. The minimum atomic E-state index is -0.871. The third-order valence-corrected chi connectivity index (χ3v) is 6.44. The first kappa shape index (κ1) is 18.3. The van der Waals surface area contributed by atoms with Crippen LogP contribution in [0.25, 0.3) is 4.96 Å².